The summed E-state index contributed by atoms with van der Waals surface area (Å²) in [7, 11) is 0. The van der Waals surface area contributed by atoms with Crippen molar-refractivity contribution in [1.82, 2.24) is 14.7 Å². The Balaban J connectivity index is 1.60. The Bertz CT molecular complexity index is 793. The topological polar surface area (TPSA) is 76.2 Å². The predicted octanol–water partition coefficient (Wildman–Crippen LogP) is 3.56. The van der Waals surface area contributed by atoms with Crippen LogP contribution in [0, 0.1) is 10.1 Å². The number of hydrogen-bond acceptors (Lipinski definition) is 5. The molecule has 0 radical (unpaired) electrons. The van der Waals surface area contributed by atoms with Crippen molar-refractivity contribution >= 4 is 11.5 Å². The number of likely N-dealkylation sites (tertiary alicyclic amines) is 1. The van der Waals surface area contributed by atoms with E-state index in [2.05, 4.69) is 10.2 Å². The molecule has 1 saturated heterocycles. The monoisotopic (exact) mass is 369 g/mol. The molecule has 0 spiro atoms. The van der Waals surface area contributed by atoms with Crippen molar-refractivity contribution in [2.45, 2.75) is 44.9 Å². The van der Waals surface area contributed by atoms with Crippen LogP contribution in [0.5, 0.6) is 0 Å². The molecule has 0 amide bonds. The zero-order chi connectivity index (χ0) is 18.6. The van der Waals surface area contributed by atoms with Crippen LogP contribution in [0.2, 0.25) is 0 Å². The molecule has 144 valence electrons. The van der Waals surface area contributed by atoms with Crippen LogP contribution in [-0.4, -0.2) is 45.8 Å². The first-order valence-corrected chi connectivity index (χ1v) is 10.0. The van der Waals surface area contributed by atoms with Gasteiger partial charge in [-0.1, -0.05) is 6.42 Å². The van der Waals surface area contributed by atoms with E-state index in [1.54, 1.807) is 24.3 Å². The predicted molar refractivity (Wildman–Crippen MR) is 106 cm³/mol. The number of non-ortho nitro benzene ring substituents is 1. The summed E-state index contributed by atoms with van der Waals surface area (Å²) in [6, 6.07) is 6.67. The second kappa shape index (κ2) is 8.08. The number of nitro benzene ring substituents is 1. The van der Waals surface area contributed by atoms with E-state index in [4.69, 9.17) is 5.10 Å². The molecule has 3 heterocycles. The van der Waals surface area contributed by atoms with Crippen LogP contribution < -0.4 is 5.32 Å². The van der Waals surface area contributed by atoms with E-state index in [1.165, 1.54) is 50.0 Å². The SMILES string of the molecule is O=[N+]([O-])c1ccc(-n2nc(CCN3CCCCC3)c3c2NCCCC3)cc1. The molecule has 2 aliphatic heterocycles. The number of anilines is 1. The molecule has 0 unspecified atom stereocenters. The van der Waals surface area contributed by atoms with Crippen LogP contribution in [0.4, 0.5) is 11.5 Å². The van der Waals surface area contributed by atoms with Crippen LogP contribution in [0.3, 0.4) is 0 Å². The average molecular weight is 369 g/mol. The molecule has 27 heavy (non-hydrogen) atoms. The van der Waals surface area contributed by atoms with Gasteiger partial charge in [-0.25, -0.2) is 4.68 Å². The molecule has 2 aliphatic rings. The molecule has 7 heteroatoms. The first-order chi connectivity index (χ1) is 13.2. The maximum absolute atomic E-state index is 10.9. The molecule has 7 nitrogen and oxygen atoms in total. The third-order valence-electron chi connectivity index (χ3n) is 5.63. The fourth-order valence-corrected chi connectivity index (χ4v) is 4.12. The highest BCUT2D eigenvalue weighted by molar-refractivity contribution is 5.55. The van der Waals surface area contributed by atoms with Gasteiger partial charge in [0.25, 0.3) is 5.69 Å². The Morgan fingerprint density at radius 1 is 1.07 bits per heavy atom. The fraction of sp³-hybridized carbons (Fsp3) is 0.550. The third kappa shape index (κ3) is 3.98. The molecule has 0 aliphatic carbocycles. The highest BCUT2D eigenvalue weighted by atomic mass is 16.6. The number of hydrogen-bond donors (Lipinski definition) is 1. The van der Waals surface area contributed by atoms with E-state index in [0.29, 0.717) is 0 Å². The Labute approximate surface area is 159 Å². The van der Waals surface area contributed by atoms with Crippen molar-refractivity contribution in [3.8, 4) is 5.69 Å². The summed E-state index contributed by atoms with van der Waals surface area (Å²) >= 11 is 0. The Morgan fingerprint density at radius 3 is 2.59 bits per heavy atom. The lowest BCUT2D eigenvalue weighted by atomic mass is 10.1. The largest absolute Gasteiger partial charge is 0.370 e. The lowest BCUT2D eigenvalue weighted by molar-refractivity contribution is -0.384. The number of aromatic nitrogens is 2. The van der Waals surface area contributed by atoms with Crippen LogP contribution >= 0.6 is 0 Å². The zero-order valence-electron chi connectivity index (χ0n) is 15.7. The molecule has 1 aromatic heterocycles. The zero-order valence-corrected chi connectivity index (χ0v) is 15.7. The van der Waals surface area contributed by atoms with Crippen molar-refractivity contribution < 1.29 is 4.92 Å². The number of piperidine rings is 1. The van der Waals surface area contributed by atoms with Crippen molar-refractivity contribution in [2.75, 3.05) is 31.5 Å². The Morgan fingerprint density at radius 2 is 1.85 bits per heavy atom. The molecule has 2 aromatic rings. The van der Waals surface area contributed by atoms with Crippen molar-refractivity contribution in [3.05, 3.63) is 45.6 Å². The van der Waals surface area contributed by atoms with E-state index in [-0.39, 0.29) is 10.6 Å². The van der Waals surface area contributed by atoms with Gasteiger partial charge in [0, 0.05) is 37.2 Å². The molecule has 0 atom stereocenters. The van der Waals surface area contributed by atoms with E-state index in [0.717, 1.165) is 43.9 Å². The molecular weight excluding hydrogens is 342 g/mol. The van der Waals surface area contributed by atoms with Crippen LogP contribution in [0.15, 0.2) is 24.3 Å². The summed E-state index contributed by atoms with van der Waals surface area (Å²) in [6.45, 7) is 4.40. The van der Waals surface area contributed by atoms with Crippen LogP contribution in [-0.2, 0) is 12.8 Å². The van der Waals surface area contributed by atoms with Gasteiger partial charge in [0.1, 0.15) is 5.82 Å². The Hall–Kier alpha value is -2.41. The van der Waals surface area contributed by atoms with E-state index in [1.807, 2.05) is 4.68 Å². The lowest BCUT2D eigenvalue weighted by Gasteiger charge is -2.26. The van der Waals surface area contributed by atoms with Gasteiger partial charge in [-0.3, -0.25) is 10.1 Å². The van der Waals surface area contributed by atoms with Crippen molar-refractivity contribution in [2.24, 2.45) is 0 Å². The number of rotatable bonds is 5. The van der Waals surface area contributed by atoms with Crippen molar-refractivity contribution in [3.63, 3.8) is 0 Å². The van der Waals surface area contributed by atoms with Gasteiger partial charge in [0.15, 0.2) is 0 Å². The number of benzene rings is 1. The highest BCUT2D eigenvalue weighted by Gasteiger charge is 2.21. The van der Waals surface area contributed by atoms with E-state index >= 15 is 0 Å². The summed E-state index contributed by atoms with van der Waals surface area (Å²) < 4.78 is 1.94. The normalized spacial score (nSPS) is 17.8. The maximum Gasteiger partial charge on any atom is 0.269 e. The Kier molecular flexibility index (Phi) is 5.38. The summed E-state index contributed by atoms with van der Waals surface area (Å²) in [5.41, 5.74) is 3.47. The minimum atomic E-state index is -0.365. The number of nitrogens with one attached hydrogen (secondary N) is 1. The van der Waals surface area contributed by atoms with E-state index in [9.17, 15) is 10.1 Å². The minimum Gasteiger partial charge on any atom is -0.370 e. The molecule has 4 rings (SSSR count). The van der Waals surface area contributed by atoms with Gasteiger partial charge in [-0.15, -0.1) is 0 Å². The standard InChI is InChI=1S/C20H27N5O2/c26-25(27)17-9-7-16(8-10-17)24-20-18(6-2-3-12-21-20)19(22-24)11-15-23-13-4-1-5-14-23/h7-10,21H,1-6,11-15H2. The first kappa shape index (κ1) is 18.0. The average Bonchev–Trinajstić information content (AvgIpc) is 2.87. The highest BCUT2D eigenvalue weighted by Crippen LogP contribution is 2.29. The van der Waals surface area contributed by atoms with Gasteiger partial charge < -0.3 is 10.2 Å². The summed E-state index contributed by atoms with van der Waals surface area (Å²) in [5, 5.41) is 19.4. The van der Waals surface area contributed by atoms with Gasteiger partial charge >= 0.3 is 0 Å². The molecule has 1 aromatic carbocycles. The molecule has 1 N–H and O–H groups in total. The maximum atomic E-state index is 10.9. The fourth-order valence-electron chi connectivity index (χ4n) is 4.12. The lowest BCUT2D eigenvalue weighted by Crippen LogP contribution is -2.31. The minimum absolute atomic E-state index is 0.107. The summed E-state index contributed by atoms with van der Waals surface area (Å²) in [6.07, 6.45) is 8.29. The first-order valence-electron chi connectivity index (χ1n) is 10.0. The summed E-state index contributed by atoms with van der Waals surface area (Å²) in [4.78, 5) is 13.1. The molecular formula is C20H27N5O2. The molecule has 0 bridgehead atoms. The number of nitro groups is 1. The quantitative estimate of drug-likeness (QED) is 0.644. The molecule has 1 fully saturated rings. The second-order valence-electron chi connectivity index (χ2n) is 7.50. The van der Waals surface area contributed by atoms with Gasteiger partial charge in [0.05, 0.1) is 16.3 Å². The van der Waals surface area contributed by atoms with Gasteiger partial charge in [0.2, 0.25) is 0 Å². The number of nitrogens with zero attached hydrogens (tertiary/aromatic N) is 4. The van der Waals surface area contributed by atoms with Gasteiger partial charge in [-0.2, -0.15) is 5.10 Å². The van der Waals surface area contributed by atoms with Crippen molar-refractivity contribution in [1.29, 1.82) is 0 Å². The molecule has 0 saturated carbocycles. The second-order valence-corrected chi connectivity index (χ2v) is 7.50. The van der Waals surface area contributed by atoms with Crippen LogP contribution in [0.25, 0.3) is 5.69 Å². The number of fused-ring (bicyclic) bond motifs is 1. The summed E-state index contributed by atoms with van der Waals surface area (Å²) in [5.74, 6) is 1.06. The smallest absolute Gasteiger partial charge is 0.269 e. The van der Waals surface area contributed by atoms with E-state index < -0.39 is 0 Å². The third-order valence-corrected chi connectivity index (χ3v) is 5.63. The van der Waals surface area contributed by atoms with Gasteiger partial charge in [-0.05, 0) is 57.3 Å². The van der Waals surface area contributed by atoms with Crippen LogP contribution in [0.1, 0.15) is 43.4 Å².